The van der Waals surface area contributed by atoms with E-state index in [0.29, 0.717) is 24.1 Å². The van der Waals surface area contributed by atoms with Crippen molar-refractivity contribution in [3.63, 3.8) is 0 Å². The highest BCUT2D eigenvalue weighted by Crippen LogP contribution is 2.34. The van der Waals surface area contributed by atoms with Gasteiger partial charge < -0.3 is 20.9 Å². The zero-order chi connectivity index (χ0) is 21.2. The van der Waals surface area contributed by atoms with Gasteiger partial charge in [0.2, 0.25) is 5.95 Å². The van der Waals surface area contributed by atoms with Gasteiger partial charge in [0.25, 0.3) is 0 Å². The number of nitrogens with two attached hydrogens (primary N) is 1. The zero-order valence-corrected chi connectivity index (χ0v) is 18.3. The van der Waals surface area contributed by atoms with E-state index in [1.807, 2.05) is 12.4 Å². The molecule has 2 aliphatic rings. The minimum absolute atomic E-state index is 0.122. The molecule has 2 fully saturated rings. The highest BCUT2D eigenvalue weighted by Gasteiger charge is 2.24. The molecule has 0 unspecified atom stereocenters. The fourth-order valence-electron chi connectivity index (χ4n) is 5.01. The van der Waals surface area contributed by atoms with Gasteiger partial charge in [-0.2, -0.15) is 9.97 Å². The Morgan fingerprint density at radius 2 is 1.74 bits per heavy atom. The molecule has 2 saturated carbocycles. The summed E-state index contributed by atoms with van der Waals surface area (Å²) in [6, 6.07) is 11.8. The quantitative estimate of drug-likeness (QED) is 0.531. The van der Waals surface area contributed by atoms with E-state index in [0.717, 1.165) is 42.7 Å². The van der Waals surface area contributed by atoms with Crippen molar-refractivity contribution >= 4 is 22.9 Å². The molecule has 1 aromatic carbocycles. The second-order valence-corrected chi connectivity index (χ2v) is 9.19. The Balaban J connectivity index is 1.48. The molecule has 0 spiro atoms. The van der Waals surface area contributed by atoms with Crippen molar-refractivity contribution in [3.05, 3.63) is 42.2 Å². The van der Waals surface area contributed by atoms with E-state index >= 15 is 0 Å². The third-order valence-corrected chi connectivity index (χ3v) is 6.90. The van der Waals surface area contributed by atoms with Crippen molar-refractivity contribution in [1.82, 2.24) is 19.5 Å². The Kier molecular flexibility index (Phi) is 5.76. The zero-order valence-electron chi connectivity index (χ0n) is 18.3. The Bertz CT molecular complexity index is 1000. The molecule has 0 radical (unpaired) electrons. The van der Waals surface area contributed by atoms with Gasteiger partial charge in [-0.25, -0.2) is 4.98 Å². The molecule has 5 rings (SSSR count). The summed E-state index contributed by atoms with van der Waals surface area (Å²) in [5.41, 5.74) is 9.10. The fraction of sp³-hybridized carbons (Fsp3) is 0.542. The number of rotatable bonds is 6. The number of hydrogen-bond acceptors (Lipinski definition) is 6. The lowest BCUT2D eigenvalue weighted by Gasteiger charge is -2.27. The fourth-order valence-corrected chi connectivity index (χ4v) is 5.01. The third kappa shape index (κ3) is 4.37. The maximum absolute atomic E-state index is 6.09. The molecule has 4 N–H and O–H groups in total. The first-order chi connectivity index (χ1) is 15.2. The molecule has 31 heavy (non-hydrogen) atoms. The standard InChI is InChI=1S/C24H33N7/c1-16(17-7-3-2-4-8-17)27-22-21-23(31(15-26-21)20-9-5-6-10-20)30-24(29-22)28-19-13-11-18(25)12-14-19/h2-4,7-8,15-16,18-20H,5-6,9-14,25H2,1H3,(H2,27,28,29,30)/t16-,18?,19?/m1/s1. The summed E-state index contributed by atoms with van der Waals surface area (Å²) < 4.78 is 2.27. The van der Waals surface area contributed by atoms with E-state index in [9.17, 15) is 0 Å². The van der Waals surface area contributed by atoms with Crippen LogP contribution in [-0.2, 0) is 0 Å². The van der Waals surface area contributed by atoms with Gasteiger partial charge in [-0.15, -0.1) is 0 Å². The molecule has 2 aromatic heterocycles. The maximum atomic E-state index is 6.09. The van der Waals surface area contributed by atoms with Crippen LogP contribution in [0.25, 0.3) is 11.2 Å². The summed E-state index contributed by atoms with van der Waals surface area (Å²) >= 11 is 0. The van der Waals surface area contributed by atoms with Gasteiger partial charge in [0, 0.05) is 18.1 Å². The van der Waals surface area contributed by atoms with Crippen LogP contribution >= 0.6 is 0 Å². The van der Waals surface area contributed by atoms with Crippen LogP contribution in [0, 0.1) is 0 Å². The minimum Gasteiger partial charge on any atom is -0.362 e. The molecular formula is C24H33N7. The summed E-state index contributed by atoms with van der Waals surface area (Å²) in [6.07, 6.45) is 11.1. The van der Waals surface area contributed by atoms with Gasteiger partial charge in [-0.3, -0.25) is 0 Å². The van der Waals surface area contributed by atoms with Crippen LogP contribution in [-0.4, -0.2) is 31.6 Å². The lowest BCUT2D eigenvalue weighted by Crippen LogP contribution is -2.33. The molecule has 7 heteroatoms. The van der Waals surface area contributed by atoms with Crippen LogP contribution in [0.1, 0.15) is 75.9 Å². The molecule has 0 aliphatic heterocycles. The van der Waals surface area contributed by atoms with Gasteiger partial charge in [0.1, 0.15) is 0 Å². The molecule has 164 valence electrons. The molecule has 3 aromatic rings. The normalized spacial score (nSPS) is 23.2. The predicted octanol–water partition coefficient (Wildman–Crippen LogP) is 4.80. The van der Waals surface area contributed by atoms with Gasteiger partial charge >= 0.3 is 0 Å². The SMILES string of the molecule is C[C@@H](Nc1nc(NC2CCC(N)CC2)nc2c1ncn2C1CCCC1)c1ccccc1. The van der Waals surface area contributed by atoms with Crippen molar-refractivity contribution in [2.24, 2.45) is 5.73 Å². The van der Waals surface area contributed by atoms with Gasteiger partial charge in [-0.05, 0) is 51.0 Å². The highest BCUT2D eigenvalue weighted by molar-refractivity contribution is 5.84. The minimum atomic E-state index is 0.122. The van der Waals surface area contributed by atoms with Gasteiger partial charge in [0.15, 0.2) is 17.0 Å². The summed E-state index contributed by atoms with van der Waals surface area (Å²) in [4.78, 5) is 14.6. The second-order valence-electron chi connectivity index (χ2n) is 9.19. The highest BCUT2D eigenvalue weighted by atomic mass is 15.2. The Morgan fingerprint density at radius 3 is 2.48 bits per heavy atom. The van der Waals surface area contributed by atoms with E-state index < -0.39 is 0 Å². The van der Waals surface area contributed by atoms with E-state index in [-0.39, 0.29) is 6.04 Å². The lowest BCUT2D eigenvalue weighted by molar-refractivity contribution is 0.410. The van der Waals surface area contributed by atoms with Crippen LogP contribution in [0.3, 0.4) is 0 Å². The first kappa shape index (κ1) is 20.2. The van der Waals surface area contributed by atoms with Crippen LogP contribution in [0.4, 0.5) is 11.8 Å². The van der Waals surface area contributed by atoms with E-state index in [1.54, 1.807) is 0 Å². The lowest BCUT2D eigenvalue weighted by atomic mass is 9.92. The number of benzene rings is 1. The first-order valence-electron chi connectivity index (χ1n) is 11.8. The number of hydrogen-bond donors (Lipinski definition) is 3. The molecule has 0 amide bonds. The summed E-state index contributed by atoms with van der Waals surface area (Å²) in [7, 11) is 0. The van der Waals surface area contributed by atoms with Gasteiger partial charge in [-0.1, -0.05) is 43.2 Å². The molecular weight excluding hydrogens is 386 g/mol. The third-order valence-electron chi connectivity index (χ3n) is 6.90. The molecule has 0 saturated heterocycles. The number of nitrogens with zero attached hydrogens (tertiary/aromatic N) is 4. The number of fused-ring (bicyclic) bond motifs is 1. The van der Waals surface area contributed by atoms with Crippen LogP contribution in [0.2, 0.25) is 0 Å². The van der Waals surface area contributed by atoms with Crippen LogP contribution in [0.15, 0.2) is 36.7 Å². The van der Waals surface area contributed by atoms with Crippen molar-refractivity contribution in [2.75, 3.05) is 10.6 Å². The van der Waals surface area contributed by atoms with Gasteiger partial charge in [0.05, 0.1) is 12.4 Å². The molecule has 7 nitrogen and oxygen atoms in total. The topological polar surface area (TPSA) is 93.7 Å². The molecule has 2 heterocycles. The smallest absolute Gasteiger partial charge is 0.227 e. The van der Waals surface area contributed by atoms with E-state index in [2.05, 4.69) is 46.4 Å². The predicted molar refractivity (Wildman–Crippen MR) is 125 cm³/mol. The monoisotopic (exact) mass is 419 g/mol. The Morgan fingerprint density at radius 1 is 1.00 bits per heavy atom. The van der Waals surface area contributed by atoms with Crippen LogP contribution < -0.4 is 16.4 Å². The largest absolute Gasteiger partial charge is 0.362 e. The maximum Gasteiger partial charge on any atom is 0.227 e. The number of imidazole rings is 1. The van der Waals surface area contributed by atoms with E-state index in [4.69, 9.17) is 20.7 Å². The number of anilines is 2. The van der Waals surface area contributed by atoms with Crippen molar-refractivity contribution < 1.29 is 0 Å². The number of aromatic nitrogens is 4. The Labute approximate surface area is 183 Å². The number of nitrogens with one attached hydrogen (secondary N) is 2. The van der Waals surface area contributed by atoms with Crippen molar-refractivity contribution in [2.45, 2.75) is 82.5 Å². The van der Waals surface area contributed by atoms with Crippen molar-refractivity contribution in [3.8, 4) is 0 Å². The summed E-state index contributed by atoms with van der Waals surface area (Å²) in [5.74, 6) is 1.49. The molecule has 1 atom stereocenters. The Hall–Kier alpha value is -2.67. The average Bonchev–Trinajstić information content (AvgIpc) is 3.46. The average molecular weight is 420 g/mol. The van der Waals surface area contributed by atoms with Crippen LogP contribution in [0.5, 0.6) is 0 Å². The molecule has 0 bridgehead atoms. The van der Waals surface area contributed by atoms with E-state index in [1.165, 1.54) is 31.2 Å². The van der Waals surface area contributed by atoms with Crippen molar-refractivity contribution in [1.29, 1.82) is 0 Å². The first-order valence-corrected chi connectivity index (χ1v) is 11.8. The summed E-state index contributed by atoms with van der Waals surface area (Å²) in [6.45, 7) is 2.16. The molecule has 2 aliphatic carbocycles. The summed E-state index contributed by atoms with van der Waals surface area (Å²) in [5, 5.41) is 7.20. The second kappa shape index (κ2) is 8.83.